The molecule has 0 bridgehead atoms. The van der Waals surface area contributed by atoms with Crippen LogP contribution < -0.4 is 11.1 Å². The van der Waals surface area contributed by atoms with E-state index in [9.17, 15) is 9.59 Å². The molecule has 0 atom stereocenters. The number of nitrogen functional groups attached to an aromatic ring is 1. The van der Waals surface area contributed by atoms with Crippen molar-refractivity contribution in [2.24, 2.45) is 7.05 Å². The number of nitrogens with two attached hydrogens (primary N) is 1. The van der Waals surface area contributed by atoms with E-state index in [0.29, 0.717) is 0 Å². The number of carbonyl (C=O) groups excluding carboxylic acids is 1. The molecule has 0 radical (unpaired) electrons. The second-order valence-electron chi connectivity index (χ2n) is 2.67. The molecule has 7 nitrogen and oxygen atoms in total. The Bertz CT molecular complexity index is 352. The number of nitrogens with one attached hydrogen (secondary N) is 1. The molecule has 0 fully saturated rings. The van der Waals surface area contributed by atoms with E-state index in [1.807, 2.05) is 0 Å². The van der Waals surface area contributed by atoms with Crippen molar-refractivity contribution >= 4 is 17.7 Å². The van der Waals surface area contributed by atoms with Crippen LogP contribution in [-0.4, -0.2) is 33.1 Å². The second kappa shape index (κ2) is 3.77. The number of hydrogen-bond acceptors (Lipinski definition) is 4. The first kappa shape index (κ1) is 10.0. The third kappa shape index (κ3) is 2.00. The van der Waals surface area contributed by atoms with Gasteiger partial charge < -0.3 is 20.7 Å². The van der Waals surface area contributed by atoms with Crippen molar-refractivity contribution < 1.29 is 14.7 Å². The van der Waals surface area contributed by atoms with Crippen LogP contribution in [0.2, 0.25) is 0 Å². The molecule has 0 saturated heterocycles. The third-order valence-electron chi connectivity index (χ3n) is 1.58. The lowest BCUT2D eigenvalue weighted by Gasteiger charge is -2.03. The van der Waals surface area contributed by atoms with Gasteiger partial charge in [0.2, 0.25) is 0 Å². The average Bonchev–Trinajstić information content (AvgIpc) is 2.42. The Kier molecular flexibility index (Phi) is 2.70. The van der Waals surface area contributed by atoms with Crippen LogP contribution in [0.15, 0.2) is 6.33 Å². The molecule has 1 aromatic rings. The molecule has 76 valence electrons. The van der Waals surface area contributed by atoms with Gasteiger partial charge in [-0.15, -0.1) is 0 Å². The van der Waals surface area contributed by atoms with Crippen molar-refractivity contribution in [3.8, 4) is 0 Å². The van der Waals surface area contributed by atoms with Crippen LogP contribution in [0.3, 0.4) is 0 Å². The molecular formula is C7H10N4O3. The maximum absolute atomic E-state index is 11.3. The van der Waals surface area contributed by atoms with E-state index in [1.165, 1.54) is 10.9 Å². The maximum Gasteiger partial charge on any atom is 0.322 e. The predicted molar refractivity (Wildman–Crippen MR) is 47.6 cm³/mol. The molecule has 4 N–H and O–H groups in total. The monoisotopic (exact) mass is 198 g/mol. The summed E-state index contributed by atoms with van der Waals surface area (Å²) in [5, 5.41) is 10.5. The largest absolute Gasteiger partial charge is 0.480 e. The Balaban J connectivity index is 2.74. The van der Waals surface area contributed by atoms with Crippen molar-refractivity contribution in [3.05, 3.63) is 12.0 Å². The van der Waals surface area contributed by atoms with Crippen molar-refractivity contribution in [1.82, 2.24) is 14.9 Å². The number of amides is 1. The first-order valence-electron chi connectivity index (χ1n) is 3.79. The Labute approximate surface area is 79.5 Å². The second-order valence-corrected chi connectivity index (χ2v) is 2.67. The normalized spacial score (nSPS) is 9.79. The van der Waals surface area contributed by atoms with Gasteiger partial charge in [-0.05, 0) is 0 Å². The van der Waals surface area contributed by atoms with Gasteiger partial charge in [-0.2, -0.15) is 0 Å². The molecule has 0 aromatic carbocycles. The summed E-state index contributed by atoms with van der Waals surface area (Å²) in [5.74, 6) is -1.58. The molecule has 0 saturated carbocycles. The summed E-state index contributed by atoms with van der Waals surface area (Å²) in [4.78, 5) is 25.2. The SMILES string of the molecule is Cn1cnc(N)c1C(=O)NCC(=O)O. The van der Waals surface area contributed by atoms with Crippen molar-refractivity contribution in [1.29, 1.82) is 0 Å². The summed E-state index contributed by atoms with van der Waals surface area (Å²) in [7, 11) is 1.60. The predicted octanol–water partition coefficient (Wildman–Crippen LogP) is -1.18. The molecule has 14 heavy (non-hydrogen) atoms. The van der Waals surface area contributed by atoms with Gasteiger partial charge in [0.15, 0.2) is 11.5 Å². The minimum absolute atomic E-state index is 0.0791. The first-order chi connectivity index (χ1) is 6.52. The topological polar surface area (TPSA) is 110 Å². The number of aryl methyl sites for hydroxylation is 1. The zero-order chi connectivity index (χ0) is 10.7. The molecule has 0 aliphatic carbocycles. The standard InChI is InChI=1S/C7H10N4O3/c1-11-3-10-6(8)5(11)7(14)9-2-4(12)13/h3H,2,8H2,1H3,(H,9,14)(H,12,13). The molecular weight excluding hydrogens is 188 g/mol. The van der Waals surface area contributed by atoms with Crippen LogP contribution in [0.4, 0.5) is 5.82 Å². The summed E-state index contributed by atoms with van der Waals surface area (Å²) < 4.78 is 1.42. The first-order valence-corrected chi connectivity index (χ1v) is 3.79. The quantitative estimate of drug-likeness (QED) is 0.566. The van der Waals surface area contributed by atoms with E-state index in [-0.39, 0.29) is 11.5 Å². The lowest BCUT2D eigenvalue weighted by molar-refractivity contribution is -0.135. The molecule has 0 spiro atoms. The van der Waals surface area contributed by atoms with E-state index in [4.69, 9.17) is 10.8 Å². The Morgan fingerprint density at radius 3 is 2.79 bits per heavy atom. The lowest BCUT2D eigenvalue weighted by atomic mass is 10.4. The fourth-order valence-corrected chi connectivity index (χ4v) is 0.964. The fourth-order valence-electron chi connectivity index (χ4n) is 0.964. The minimum atomic E-state index is -1.11. The summed E-state index contributed by atoms with van der Waals surface area (Å²) in [6.07, 6.45) is 1.38. The van der Waals surface area contributed by atoms with Gasteiger partial charge in [-0.1, -0.05) is 0 Å². The van der Waals surface area contributed by atoms with E-state index < -0.39 is 18.4 Å². The number of aromatic nitrogens is 2. The van der Waals surface area contributed by atoms with Crippen molar-refractivity contribution in [3.63, 3.8) is 0 Å². The van der Waals surface area contributed by atoms with Crippen molar-refractivity contribution in [2.45, 2.75) is 0 Å². The van der Waals surface area contributed by atoms with Gasteiger partial charge in [0, 0.05) is 7.05 Å². The summed E-state index contributed by atoms with van der Waals surface area (Å²) in [6.45, 7) is -0.441. The van der Waals surface area contributed by atoms with Gasteiger partial charge in [-0.3, -0.25) is 9.59 Å². The highest BCUT2D eigenvalue weighted by Gasteiger charge is 2.15. The fraction of sp³-hybridized carbons (Fsp3) is 0.286. The number of carboxylic acids is 1. The molecule has 1 heterocycles. The Morgan fingerprint density at radius 1 is 1.71 bits per heavy atom. The van der Waals surface area contributed by atoms with Crippen LogP contribution in [0.1, 0.15) is 10.5 Å². The van der Waals surface area contributed by atoms with Gasteiger partial charge in [0.05, 0.1) is 6.33 Å². The van der Waals surface area contributed by atoms with Gasteiger partial charge in [-0.25, -0.2) is 4.98 Å². The number of hydrogen-bond donors (Lipinski definition) is 3. The number of imidazole rings is 1. The lowest BCUT2D eigenvalue weighted by Crippen LogP contribution is -2.31. The van der Waals surface area contributed by atoms with Crippen LogP contribution in [-0.2, 0) is 11.8 Å². The van der Waals surface area contributed by atoms with Crippen LogP contribution >= 0.6 is 0 Å². The number of anilines is 1. The third-order valence-corrected chi connectivity index (χ3v) is 1.58. The number of carboxylic acid groups (broad SMARTS) is 1. The number of rotatable bonds is 3. The Hall–Kier alpha value is -2.05. The number of nitrogens with zero attached hydrogens (tertiary/aromatic N) is 2. The molecule has 1 aromatic heterocycles. The zero-order valence-electron chi connectivity index (χ0n) is 7.52. The number of aliphatic carboxylic acids is 1. The van der Waals surface area contributed by atoms with Gasteiger partial charge in [0.1, 0.15) is 6.54 Å². The summed E-state index contributed by atoms with van der Waals surface area (Å²) >= 11 is 0. The molecule has 0 aliphatic rings. The molecule has 1 rings (SSSR count). The van der Waals surface area contributed by atoms with Crippen molar-refractivity contribution in [2.75, 3.05) is 12.3 Å². The molecule has 1 amide bonds. The van der Waals surface area contributed by atoms with E-state index in [2.05, 4.69) is 10.3 Å². The average molecular weight is 198 g/mol. The molecule has 0 aliphatic heterocycles. The van der Waals surface area contributed by atoms with Crippen LogP contribution in [0.5, 0.6) is 0 Å². The van der Waals surface area contributed by atoms with Gasteiger partial charge in [0.25, 0.3) is 5.91 Å². The number of carbonyl (C=O) groups is 2. The van der Waals surface area contributed by atoms with Crippen LogP contribution in [0, 0.1) is 0 Å². The highest BCUT2D eigenvalue weighted by Crippen LogP contribution is 2.06. The summed E-state index contributed by atoms with van der Waals surface area (Å²) in [5.41, 5.74) is 5.57. The maximum atomic E-state index is 11.3. The Morgan fingerprint density at radius 2 is 2.36 bits per heavy atom. The summed E-state index contributed by atoms with van der Waals surface area (Å²) in [6, 6.07) is 0. The minimum Gasteiger partial charge on any atom is -0.480 e. The zero-order valence-corrected chi connectivity index (χ0v) is 7.52. The van der Waals surface area contributed by atoms with E-state index in [1.54, 1.807) is 7.05 Å². The van der Waals surface area contributed by atoms with E-state index >= 15 is 0 Å². The molecule has 7 heteroatoms. The van der Waals surface area contributed by atoms with Crippen LogP contribution in [0.25, 0.3) is 0 Å². The smallest absolute Gasteiger partial charge is 0.322 e. The van der Waals surface area contributed by atoms with Gasteiger partial charge >= 0.3 is 5.97 Å². The highest BCUT2D eigenvalue weighted by atomic mass is 16.4. The highest BCUT2D eigenvalue weighted by molar-refractivity contribution is 5.98. The molecule has 0 unspecified atom stereocenters. The van der Waals surface area contributed by atoms with E-state index in [0.717, 1.165) is 0 Å².